The highest BCUT2D eigenvalue weighted by atomic mass is 35.5. The van der Waals surface area contributed by atoms with E-state index in [4.69, 9.17) is 14.2 Å². The highest BCUT2D eigenvalue weighted by Gasteiger charge is 2.29. The van der Waals surface area contributed by atoms with Crippen LogP contribution in [0, 0.1) is 0 Å². The molecule has 1 unspecified atom stereocenters. The van der Waals surface area contributed by atoms with Gasteiger partial charge in [0, 0.05) is 25.6 Å². The average Bonchev–Trinajstić information content (AvgIpc) is 2.95. The first-order chi connectivity index (χ1) is 15.9. The van der Waals surface area contributed by atoms with E-state index >= 15 is 0 Å². The maximum atomic E-state index is 12.9. The van der Waals surface area contributed by atoms with Crippen LogP contribution in [0.2, 0.25) is 0 Å². The van der Waals surface area contributed by atoms with Gasteiger partial charge in [-0.3, -0.25) is 4.79 Å². The summed E-state index contributed by atoms with van der Waals surface area (Å²) in [7, 11) is 6.96. The quantitative estimate of drug-likeness (QED) is 0.580. The molecule has 186 valence electrons. The standard InChI is InChI=1S/C26H34N2O5.ClH/c1-27(16-20-10-19-13-23(31-2)22(29)15-21(19)20)7-5-8-28-9-6-17-11-24(32-3)25(33-4)12-18(17)14-26(28)30;/h11-13,15,20,29H,5-10,14,16H2,1-4H3;1H. The van der Waals surface area contributed by atoms with Crippen LogP contribution in [0.15, 0.2) is 24.3 Å². The van der Waals surface area contributed by atoms with E-state index in [-0.39, 0.29) is 24.1 Å². The molecule has 1 amide bonds. The van der Waals surface area contributed by atoms with E-state index in [9.17, 15) is 9.90 Å². The molecular weight excluding hydrogens is 456 g/mol. The molecule has 1 heterocycles. The number of fused-ring (bicyclic) bond motifs is 2. The number of aromatic hydroxyl groups is 1. The number of nitrogens with zero attached hydrogens (tertiary/aromatic N) is 2. The molecule has 34 heavy (non-hydrogen) atoms. The molecule has 0 saturated heterocycles. The SMILES string of the molecule is COc1cc2c(cc1O)C(CN(C)CCCN1CCc3cc(OC)c(OC)cc3CC1=O)C2.Cl. The fourth-order valence-electron chi connectivity index (χ4n) is 5.00. The van der Waals surface area contributed by atoms with Crippen LogP contribution in [-0.2, 0) is 24.1 Å². The van der Waals surface area contributed by atoms with Gasteiger partial charge < -0.3 is 29.1 Å². The number of likely N-dealkylation sites (N-methyl/N-ethyl adjacent to an activating group) is 1. The number of carbonyl (C=O) groups excluding carboxylic acids is 1. The van der Waals surface area contributed by atoms with Gasteiger partial charge >= 0.3 is 0 Å². The van der Waals surface area contributed by atoms with Gasteiger partial charge in [0.1, 0.15) is 0 Å². The predicted octanol–water partition coefficient (Wildman–Crippen LogP) is 3.43. The molecule has 1 N–H and O–H groups in total. The van der Waals surface area contributed by atoms with Gasteiger partial charge in [-0.15, -0.1) is 12.4 Å². The van der Waals surface area contributed by atoms with Crippen LogP contribution in [0.5, 0.6) is 23.0 Å². The van der Waals surface area contributed by atoms with Crippen LogP contribution < -0.4 is 14.2 Å². The number of hydrogen-bond donors (Lipinski definition) is 1. The Bertz CT molecular complexity index is 1030. The maximum absolute atomic E-state index is 12.9. The summed E-state index contributed by atoms with van der Waals surface area (Å²) in [5.41, 5.74) is 4.66. The molecule has 2 aliphatic rings. The number of ether oxygens (including phenoxy) is 3. The highest BCUT2D eigenvalue weighted by Crippen LogP contribution is 2.42. The lowest BCUT2D eigenvalue weighted by Crippen LogP contribution is -2.36. The van der Waals surface area contributed by atoms with E-state index in [0.29, 0.717) is 29.6 Å². The molecule has 4 rings (SSSR count). The van der Waals surface area contributed by atoms with E-state index in [1.54, 1.807) is 21.3 Å². The molecule has 1 aliphatic carbocycles. The zero-order valence-electron chi connectivity index (χ0n) is 20.4. The van der Waals surface area contributed by atoms with Gasteiger partial charge in [0.05, 0.1) is 27.8 Å². The number of benzene rings is 2. The van der Waals surface area contributed by atoms with Crippen molar-refractivity contribution in [2.45, 2.75) is 31.6 Å². The van der Waals surface area contributed by atoms with Crippen LogP contribution in [-0.4, -0.2) is 75.4 Å². The minimum Gasteiger partial charge on any atom is -0.504 e. The normalized spacial score (nSPS) is 16.7. The summed E-state index contributed by atoms with van der Waals surface area (Å²) >= 11 is 0. The van der Waals surface area contributed by atoms with Crippen molar-refractivity contribution in [1.82, 2.24) is 9.80 Å². The smallest absolute Gasteiger partial charge is 0.227 e. The summed E-state index contributed by atoms with van der Waals surface area (Å²) in [5, 5.41) is 10.1. The minimum absolute atomic E-state index is 0. The van der Waals surface area contributed by atoms with E-state index in [0.717, 1.165) is 56.6 Å². The maximum Gasteiger partial charge on any atom is 0.227 e. The number of phenolic OH excluding ortho intramolecular Hbond substituents is 1. The van der Waals surface area contributed by atoms with Gasteiger partial charge in [0.15, 0.2) is 23.0 Å². The van der Waals surface area contributed by atoms with Crippen LogP contribution in [0.3, 0.4) is 0 Å². The Morgan fingerprint density at radius 2 is 1.65 bits per heavy atom. The van der Waals surface area contributed by atoms with E-state index < -0.39 is 0 Å². The second-order valence-corrected chi connectivity index (χ2v) is 9.02. The number of rotatable bonds is 9. The summed E-state index contributed by atoms with van der Waals surface area (Å²) in [6.45, 7) is 3.34. The summed E-state index contributed by atoms with van der Waals surface area (Å²) in [4.78, 5) is 17.2. The largest absolute Gasteiger partial charge is 0.504 e. The van der Waals surface area contributed by atoms with Crippen molar-refractivity contribution in [1.29, 1.82) is 0 Å². The number of hydrogen-bond acceptors (Lipinski definition) is 6. The van der Waals surface area contributed by atoms with Crippen molar-refractivity contribution in [3.63, 3.8) is 0 Å². The Labute approximate surface area is 208 Å². The Morgan fingerprint density at radius 1 is 1.00 bits per heavy atom. The van der Waals surface area contributed by atoms with Gasteiger partial charge in [-0.25, -0.2) is 0 Å². The Hall–Kier alpha value is -2.64. The molecule has 1 atom stereocenters. The lowest BCUT2D eigenvalue weighted by Gasteiger charge is -2.34. The zero-order valence-corrected chi connectivity index (χ0v) is 21.2. The third-order valence-electron chi connectivity index (χ3n) is 6.90. The number of amides is 1. The minimum atomic E-state index is 0. The van der Waals surface area contributed by atoms with Gasteiger partial charge in [0.25, 0.3) is 0 Å². The number of methoxy groups -OCH3 is 3. The van der Waals surface area contributed by atoms with Gasteiger partial charge in [-0.2, -0.15) is 0 Å². The van der Waals surface area contributed by atoms with Crippen LogP contribution in [0.25, 0.3) is 0 Å². The first-order valence-electron chi connectivity index (χ1n) is 11.5. The van der Waals surface area contributed by atoms with Gasteiger partial charge in [0.2, 0.25) is 5.91 Å². The molecular formula is C26H35ClN2O5. The molecule has 0 radical (unpaired) electrons. The number of phenols is 1. The van der Waals surface area contributed by atoms with Crippen molar-refractivity contribution in [3.8, 4) is 23.0 Å². The topological polar surface area (TPSA) is 71.5 Å². The molecule has 2 aromatic carbocycles. The first kappa shape index (κ1) is 26.0. The third-order valence-corrected chi connectivity index (χ3v) is 6.90. The van der Waals surface area contributed by atoms with Crippen molar-refractivity contribution >= 4 is 18.3 Å². The Morgan fingerprint density at radius 3 is 2.32 bits per heavy atom. The highest BCUT2D eigenvalue weighted by molar-refractivity contribution is 5.85. The zero-order chi connectivity index (χ0) is 23.5. The molecule has 0 saturated carbocycles. The molecule has 2 aromatic rings. The van der Waals surface area contributed by atoms with Crippen molar-refractivity contribution in [3.05, 3.63) is 46.5 Å². The van der Waals surface area contributed by atoms with Gasteiger partial charge in [-0.1, -0.05) is 0 Å². The molecule has 1 aliphatic heterocycles. The number of carbonyl (C=O) groups is 1. The van der Waals surface area contributed by atoms with E-state index in [1.807, 2.05) is 29.2 Å². The van der Waals surface area contributed by atoms with Crippen molar-refractivity contribution in [2.75, 3.05) is 54.6 Å². The predicted molar refractivity (Wildman–Crippen MR) is 134 cm³/mol. The monoisotopic (exact) mass is 490 g/mol. The fraction of sp³-hybridized carbons (Fsp3) is 0.500. The van der Waals surface area contributed by atoms with Crippen LogP contribution in [0.1, 0.15) is 34.6 Å². The lowest BCUT2D eigenvalue weighted by molar-refractivity contribution is -0.130. The molecule has 0 aromatic heterocycles. The van der Waals surface area contributed by atoms with E-state index in [2.05, 4.69) is 11.9 Å². The lowest BCUT2D eigenvalue weighted by atomic mass is 9.77. The average molecular weight is 491 g/mol. The first-order valence-corrected chi connectivity index (χ1v) is 11.5. The summed E-state index contributed by atoms with van der Waals surface area (Å²) in [6.07, 6.45) is 3.16. The molecule has 7 nitrogen and oxygen atoms in total. The van der Waals surface area contributed by atoms with Crippen molar-refractivity contribution < 1.29 is 24.1 Å². The summed E-state index contributed by atoms with van der Waals surface area (Å²) < 4.78 is 16.0. The molecule has 8 heteroatoms. The summed E-state index contributed by atoms with van der Waals surface area (Å²) in [6, 6.07) is 7.72. The Kier molecular flexibility index (Phi) is 8.55. The van der Waals surface area contributed by atoms with Gasteiger partial charge in [-0.05, 0) is 79.4 Å². The third kappa shape index (κ3) is 5.36. The fourth-order valence-corrected chi connectivity index (χ4v) is 5.00. The molecule has 0 spiro atoms. The second-order valence-electron chi connectivity index (χ2n) is 9.02. The van der Waals surface area contributed by atoms with Crippen molar-refractivity contribution in [2.24, 2.45) is 0 Å². The Balaban J connectivity index is 0.00000324. The molecule has 0 bridgehead atoms. The molecule has 0 fully saturated rings. The second kappa shape index (κ2) is 11.2. The van der Waals surface area contributed by atoms with Crippen LogP contribution >= 0.6 is 12.4 Å². The van der Waals surface area contributed by atoms with Crippen LogP contribution in [0.4, 0.5) is 0 Å². The summed E-state index contributed by atoms with van der Waals surface area (Å²) in [5.74, 6) is 2.73. The number of halogens is 1. The van der Waals surface area contributed by atoms with E-state index in [1.165, 1.54) is 11.1 Å².